The number of carboxylic acid groups (broad SMARTS) is 1. The van der Waals surface area contributed by atoms with Crippen molar-refractivity contribution in [3.63, 3.8) is 0 Å². The Bertz CT molecular complexity index is 681. The van der Waals surface area contributed by atoms with E-state index in [9.17, 15) is 9.90 Å². The van der Waals surface area contributed by atoms with Crippen molar-refractivity contribution in [2.24, 2.45) is 0 Å². The second-order valence-electron chi connectivity index (χ2n) is 6.41. The molecule has 0 fully saturated rings. The van der Waals surface area contributed by atoms with Gasteiger partial charge in [-0.1, -0.05) is 0 Å². The largest absolute Gasteiger partial charge is 0.492 e. The molecule has 2 rings (SSSR count). The van der Waals surface area contributed by atoms with Gasteiger partial charge in [-0.15, -0.1) is 0 Å². The van der Waals surface area contributed by atoms with Crippen LogP contribution in [0.5, 0.6) is 5.75 Å². The second kappa shape index (κ2) is 7.04. The normalized spacial score (nSPS) is 11.8. The quantitative estimate of drug-likeness (QED) is 0.817. The number of ether oxygens (including phenoxy) is 1. The van der Waals surface area contributed by atoms with Crippen molar-refractivity contribution >= 4 is 16.9 Å². The summed E-state index contributed by atoms with van der Waals surface area (Å²) < 4.78 is 5.84. The highest BCUT2D eigenvalue weighted by molar-refractivity contribution is 6.05. The number of aromatic carboxylic acids is 1. The molecule has 1 aromatic heterocycles. The van der Waals surface area contributed by atoms with E-state index < -0.39 is 5.97 Å². The van der Waals surface area contributed by atoms with E-state index in [0.717, 1.165) is 12.1 Å². The first kappa shape index (κ1) is 17.3. The number of H-pyrrole nitrogens is 1. The molecular weight excluding hydrogens is 292 g/mol. The van der Waals surface area contributed by atoms with Crippen LogP contribution in [0, 0.1) is 6.92 Å². The number of aryl methyl sites for hydroxylation is 1. The van der Waals surface area contributed by atoms with Gasteiger partial charge in [0.1, 0.15) is 12.4 Å². The lowest BCUT2D eigenvalue weighted by Crippen LogP contribution is -2.39. The van der Waals surface area contributed by atoms with E-state index >= 15 is 0 Å². The summed E-state index contributed by atoms with van der Waals surface area (Å²) in [4.78, 5) is 16.9. The van der Waals surface area contributed by atoms with Crippen LogP contribution in [-0.2, 0) is 0 Å². The van der Waals surface area contributed by atoms with Crippen molar-refractivity contribution in [3.05, 3.63) is 29.5 Å². The third-order valence-corrected chi connectivity index (χ3v) is 4.12. The third-order valence-electron chi connectivity index (χ3n) is 4.12. The number of aromatic nitrogens is 1. The van der Waals surface area contributed by atoms with Gasteiger partial charge in [-0.2, -0.15) is 0 Å². The maximum absolute atomic E-state index is 11.4. The van der Waals surface area contributed by atoms with E-state index in [-0.39, 0.29) is 0 Å². The van der Waals surface area contributed by atoms with Gasteiger partial charge in [0, 0.05) is 35.2 Å². The minimum absolute atomic E-state index is 0.316. The van der Waals surface area contributed by atoms with Crippen LogP contribution in [-0.4, -0.2) is 46.2 Å². The molecule has 0 unspecified atom stereocenters. The maximum atomic E-state index is 11.4. The summed E-state index contributed by atoms with van der Waals surface area (Å²) in [6.07, 6.45) is 0. The van der Waals surface area contributed by atoms with Crippen molar-refractivity contribution in [1.82, 2.24) is 9.88 Å². The summed E-state index contributed by atoms with van der Waals surface area (Å²) >= 11 is 0. The van der Waals surface area contributed by atoms with Gasteiger partial charge in [-0.3, -0.25) is 4.90 Å². The fraction of sp³-hybridized carbons (Fsp3) is 0.500. The summed E-state index contributed by atoms with van der Waals surface area (Å²) in [5.41, 5.74) is 1.80. The van der Waals surface area contributed by atoms with Crippen LogP contribution in [0.1, 0.15) is 43.7 Å². The Morgan fingerprint density at radius 3 is 2.48 bits per heavy atom. The van der Waals surface area contributed by atoms with Gasteiger partial charge >= 0.3 is 5.97 Å². The Kier molecular flexibility index (Phi) is 5.31. The van der Waals surface area contributed by atoms with Gasteiger partial charge in [0.2, 0.25) is 0 Å². The van der Waals surface area contributed by atoms with Crippen LogP contribution in [0.3, 0.4) is 0 Å². The van der Waals surface area contributed by atoms with Crippen molar-refractivity contribution in [1.29, 1.82) is 0 Å². The molecule has 0 saturated carbocycles. The monoisotopic (exact) mass is 318 g/mol. The number of nitrogens with one attached hydrogen (secondary N) is 1. The molecule has 0 aliphatic rings. The van der Waals surface area contributed by atoms with Crippen molar-refractivity contribution in [3.8, 4) is 5.75 Å². The summed E-state index contributed by atoms with van der Waals surface area (Å²) in [5.74, 6) is -0.219. The molecule has 0 saturated heterocycles. The first-order valence-electron chi connectivity index (χ1n) is 8.05. The van der Waals surface area contributed by atoms with Crippen molar-refractivity contribution in [2.45, 2.75) is 46.7 Å². The molecule has 2 aromatic rings. The van der Waals surface area contributed by atoms with E-state index in [0.29, 0.717) is 41.1 Å². The van der Waals surface area contributed by atoms with Crippen LogP contribution in [0.2, 0.25) is 0 Å². The second-order valence-corrected chi connectivity index (χ2v) is 6.41. The molecule has 126 valence electrons. The Labute approximate surface area is 137 Å². The Hall–Kier alpha value is -2.01. The first-order valence-corrected chi connectivity index (χ1v) is 8.05. The van der Waals surface area contributed by atoms with Gasteiger partial charge in [0.15, 0.2) is 0 Å². The van der Waals surface area contributed by atoms with Gasteiger partial charge in [-0.25, -0.2) is 4.79 Å². The molecule has 0 atom stereocenters. The van der Waals surface area contributed by atoms with Crippen LogP contribution in [0.15, 0.2) is 18.2 Å². The van der Waals surface area contributed by atoms with Crippen LogP contribution in [0.4, 0.5) is 0 Å². The highest BCUT2D eigenvalue weighted by Crippen LogP contribution is 2.26. The number of benzene rings is 1. The molecule has 0 amide bonds. The predicted octanol–water partition coefficient (Wildman–Crippen LogP) is 3.67. The molecule has 5 nitrogen and oxygen atoms in total. The van der Waals surface area contributed by atoms with Gasteiger partial charge in [0.05, 0.1) is 5.56 Å². The Balaban J connectivity index is 2.12. The van der Waals surface area contributed by atoms with Gasteiger partial charge < -0.3 is 14.8 Å². The predicted molar refractivity (Wildman–Crippen MR) is 92.5 cm³/mol. The van der Waals surface area contributed by atoms with E-state index in [4.69, 9.17) is 4.74 Å². The minimum atomic E-state index is -0.920. The molecular formula is C18H26N2O3. The molecule has 23 heavy (non-hydrogen) atoms. The highest BCUT2D eigenvalue weighted by Gasteiger charge is 2.16. The summed E-state index contributed by atoms with van der Waals surface area (Å²) in [6, 6.07) is 6.47. The minimum Gasteiger partial charge on any atom is -0.492 e. The van der Waals surface area contributed by atoms with E-state index in [1.165, 1.54) is 0 Å². The Morgan fingerprint density at radius 2 is 1.91 bits per heavy atom. The highest BCUT2D eigenvalue weighted by atomic mass is 16.5. The number of carbonyl (C=O) groups is 1. The zero-order valence-electron chi connectivity index (χ0n) is 14.5. The van der Waals surface area contributed by atoms with Crippen LogP contribution >= 0.6 is 0 Å². The number of carboxylic acids is 1. The van der Waals surface area contributed by atoms with E-state index in [1.807, 2.05) is 12.1 Å². The third kappa shape index (κ3) is 3.85. The number of hydrogen-bond acceptors (Lipinski definition) is 3. The zero-order chi connectivity index (χ0) is 17.1. The Morgan fingerprint density at radius 1 is 1.26 bits per heavy atom. The average molecular weight is 318 g/mol. The zero-order valence-corrected chi connectivity index (χ0v) is 14.5. The molecule has 0 spiro atoms. The summed E-state index contributed by atoms with van der Waals surface area (Å²) in [5, 5.41) is 10.0. The molecule has 0 bridgehead atoms. The maximum Gasteiger partial charge on any atom is 0.338 e. The van der Waals surface area contributed by atoms with Gasteiger partial charge in [-0.05, 0) is 52.8 Å². The number of nitrogens with zero attached hydrogens (tertiary/aromatic N) is 1. The summed E-state index contributed by atoms with van der Waals surface area (Å²) in [7, 11) is 0. The molecule has 0 radical (unpaired) electrons. The van der Waals surface area contributed by atoms with Crippen LogP contribution < -0.4 is 4.74 Å². The number of aromatic amines is 1. The fourth-order valence-electron chi connectivity index (χ4n) is 3.05. The standard InChI is InChI=1S/C18H26N2O3/c1-11(2)20(12(3)4)8-9-23-14-6-7-16-15(10-14)17(18(21)22)13(5)19-16/h6-7,10-12,19H,8-9H2,1-5H3,(H,21,22). The summed E-state index contributed by atoms with van der Waals surface area (Å²) in [6.45, 7) is 11.9. The lowest BCUT2D eigenvalue weighted by atomic mass is 10.1. The van der Waals surface area contributed by atoms with Crippen molar-refractivity contribution < 1.29 is 14.6 Å². The first-order chi connectivity index (χ1) is 10.8. The fourth-order valence-corrected chi connectivity index (χ4v) is 3.05. The lowest BCUT2D eigenvalue weighted by molar-refractivity contribution is 0.0698. The molecule has 1 aromatic carbocycles. The molecule has 5 heteroatoms. The SMILES string of the molecule is Cc1[nH]c2ccc(OCCN(C(C)C)C(C)C)cc2c1C(=O)O. The number of fused-ring (bicyclic) bond motifs is 1. The van der Waals surface area contributed by atoms with E-state index in [2.05, 4.69) is 37.6 Å². The number of rotatable bonds is 7. The van der Waals surface area contributed by atoms with E-state index in [1.54, 1.807) is 13.0 Å². The molecule has 0 aliphatic carbocycles. The van der Waals surface area contributed by atoms with Crippen LogP contribution in [0.25, 0.3) is 10.9 Å². The molecule has 1 heterocycles. The molecule has 2 N–H and O–H groups in total. The average Bonchev–Trinajstić information content (AvgIpc) is 2.77. The lowest BCUT2D eigenvalue weighted by Gasteiger charge is -2.30. The smallest absolute Gasteiger partial charge is 0.338 e. The topological polar surface area (TPSA) is 65.6 Å². The van der Waals surface area contributed by atoms with Gasteiger partial charge in [0.25, 0.3) is 0 Å². The molecule has 0 aliphatic heterocycles. The number of hydrogen-bond donors (Lipinski definition) is 2. The van der Waals surface area contributed by atoms with Crippen molar-refractivity contribution in [2.75, 3.05) is 13.2 Å².